The Morgan fingerprint density at radius 3 is 2.81 bits per heavy atom. The lowest BCUT2D eigenvalue weighted by Gasteiger charge is -2.23. The fourth-order valence-corrected chi connectivity index (χ4v) is 2.22. The summed E-state index contributed by atoms with van der Waals surface area (Å²) in [5.41, 5.74) is 8.01. The van der Waals surface area contributed by atoms with E-state index >= 15 is 0 Å². The number of rotatable bonds is 3. The lowest BCUT2D eigenvalue weighted by atomic mass is 9.85. The Morgan fingerprint density at radius 1 is 1.38 bits per heavy atom. The monoisotopic (exact) mass is 218 g/mol. The van der Waals surface area contributed by atoms with Gasteiger partial charge in [0.1, 0.15) is 11.8 Å². The molecule has 0 aliphatic heterocycles. The summed E-state index contributed by atoms with van der Waals surface area (Å²) in [6.45, 7) is 6.66. The number of anilines is 1. The molecule has 0 aliphatic rings. The summed E-state index contributed by atoms with van der Waals surface area (Å²) < 4.78 is 1.90. The summed E-state index contributed by atoms with van der Waals surface area (Å²) in [7, 11) is 0. The van der Waals surface area contributed by atoms with Crippen LogP contribution < -0.4 is 5.73 Å². The average Bonchev–Trinajstić information content (AvgIpc) is 2.63. The summed E-state index contributed by atoms with van der Waals surface area (Å²) >= 11 is 0. The zero-order valence-corrected chi connectivity index (χ0v) is 10.1. The summed E-state index contributed by atoms with van der Waals surface area (Å²) in [5, 5.41) is 4.28. The molecule has 0 bridgehead atoms. The maximum atomic E-state index is 5.81. The Hall–Kier alpha value is -1.58. The molecule has 2 heterocycles. The second-order valence-electron chi connectivity index (χ2n) is 4.79. The number of hydrogen-bond donors (Lipinski definition) is 1. The second kappa shape index (κ2) is 3.77. The van der Waals surface area contributed by atoms with Crippen molar-refractivity contribution < 1.29 is 0 Å². The molecule has 0 atom stereocenters. The SMILES string of the molecule is CCCC(C)(C)c1ccc2c(N)ncnn12. The highest BCUT2D eigenvalue weighted by Crippen LogP contribution is 2.29. The average molecular weight is 218 g/mol. The van der Waals surface area contributed by atoms with Gasteiger partial charge in [0.25, 0.3) is 0 Å². The molecule has 4 nitrogen and oxygen atoms in total. The van der Waals surface area contributed by atoms with E-state index in [0.29, 0.717) is 5.82 Å². The molecule has 2 aromatic heterocycles. The second-order valence-corrected chi connectivity index (χ2v) is 4.79. The quantitative estimate of drug-likeness (QED) is 0.860. The lowest BCUT2D eigenvalue weighted by Crippen LogP contribution is -2.20. The van der Waals surface area contributed by atoms with Gasteiger partial charge in [0.2, 0.25) is 0 Å². The molecule has 86 valence electrons. The number of nitrogens with zero attached hydrogens (tertiary/aromatic N) is 3. The summed E-state index contributed by atoms with van der Waals surface area (Å²) in [4.78, 5) is 3.99. The molecular weight excluding hydrogens is 200 g/mol. The van der Waals surface area contributed by atoms with E-state index in [1.807, 2.05) is 10.6 Å². The van der Waals surface area contributed by atoms with Gasteiger partial charge in [-0.25, -0.2) is 9.50 Å². The van der Waals surface area contributed by atoms with Gasteiger partial charge < -0.3 is 5.73 Å². The highest BCUT2D eigenvalue weighted by atomic mass is 15.3. The van der Waals surface area contributed by atoms with E-state index < -0.39 is 0 Å². The predicted octanol–water partition coefficient (Wildman–Crippen LogP) is 2.39. The molecule has 0 spiro atoms. The Kier molecular flexibility index (Phi) is 2.58. The molecule has 0 amide bonds. The van der Waals surface area contributed by atoms with E-state index in [0.717, 1.165) is 18.4 Å². The maximum Gasteiger partial charge on any atom is 0.151 e. The van der Waals surface area contributed by atoms with Crippen LogP contribution in [0.4, 0.5) is 5.82 Å². The van der Waals surface area contributed by atoms with Crippen molar-refractivity contribution in [1.29, 1.82) is 0 Å². The molecule has 0 aromatic carbocycles. The van der Waals surface area contributed by atoms with Crippen LogP contribution in [0, 0.1) is 0 Å². The zero-order chi connectivity index (χ0) is 11.8. The molecule has 0 radical (unpaired) electrons. The van der Waals surface area contributed by atoms with E-state index in [1.165, 1.54) is 12.0 Å². The topological polar surface area (TPSA) is 56.2 Å². The van der Waals surface area contributed by atoms with Crippen LogP contribution in [0.1, 0.15) is 39.3 Å². The predicted molar refractivity (Wildman–Crippen MR) is 65.3 cm³/mol. The summed E-state index contributed by atoms with van der Waals surface area (Å²) in [6.07, 6.45) is 3.79. The standard InChI is InChI=1S/C12H18N4/c1-4-7-12(2,3)10-6-5-9-11(13)14-8-15-16(9)10/h5-6,8H,4,7H2,1-3H3,(H2,13,14,15). The van der Waals surface area contributed by atoms with Crippen molar-refractivity contribution in [2.75, 3.05) is 5.73 Å². The number of aromatic nitrogens is 3. The first-order chi connectivity index (χ1) is 7.56. The van der Waals surface area contributed by atoms with Gasteiger partial charge in [0.05, 0.1) is 0 Å². The van der Waals surface area contributed by atoms with Crippen LogP contribution in [0.15, 0.2) is 18.5 Å². The van der Waals surface area contributed by atoms with Crippen molar-refractivity contribution in [2.24, 2.45) is 0 Å². The molecule has 0 saturated carbocycles. The minimum Gasteiger partial charge on any atom is -0.382 e. The highest BCUT2D eigenvalue weighted by Gasteiger charge is 2.23. The lowest BCUT2D eigenvalue weighted by molar-refractivity contribution is 0.450. The minimum absolute atomic E-state index is 0.113. The third-order valence-electron chi connectivity index (χ3n) is 3.05. The highest BCUT2D eigenvalue weighted by molar-refractivity contribution is 5.65. The van der Waals surface area contributed by atoms with Crippen LogP contribution in [0.2, 0.25) is 0 Å². The van der Waals surface area contributed by atoms with Crippen LogP contribution in [-0.4, -0.2) is 14.6 Å². The van der Waals surface area contributed by atoms with Crippen LogP contribution >= 0.6 is 0 Å². The van der Waals surface area contributed by atoms with Gasteiger partial charge >= 0.3 is 0 Å². The number of nitrogen functional groups attached to an aromatic ring is 1. The number of fused-ring (bicyclic) bond motifs is 1. The molecule has 0 fully saturated rings. The van der Waals surface area contributed by atoms with E-state index in [2.05, 4.69) is 36.9 Å². The van der Waals surface area contributed by atoms with Gasteiger partial charge in [-0.3, -0.25) is 0 Å². The van der Waals surface area contributed by atoms with Crippen LogP contribution in [0.3, 0.4) is 0 Å². The molecule has 2 rings (SSSR count). The summed E-state index contributed by atoms with van der Waals surface area (Å²) in [6, 6.07) is 4.08. The van der Waals surface area contributed by atoms with Crippen LogP contribution in [0.25, 0.3) is 5.52 Å². The van der Waals surface area contributed by atoms with Gasteiger partial charge in [-0.15, -0.1) is 0 Å². The fraction of sp³-hybridized carbons (Fsp3) is 0.500. The molecule has 0 saturated heterocycles. The molecule has 2 N–H and O–H groups in total. The van der Waals surface area contributed by atoms with Crippen molar-refractivity contribution in [1.82, 2.24) is 14.6 Å². The first kappa shape index (κ1) is 10.9. The molecule has 2 aromatic rings. The fourth-order valence-electron chi connectivity index (χ4n) is 2.22. The number of nitrogens with two attached hydrogens (primary N) is 1. The van der Waals surface area contributed by atoms with Crippen molar-refractivity contribution in [3.8, 4) is 0 Å². The minimum atomic E-state index is 0.113. The zero-order valence-electron chi connectivity index (χ0n) is 10.1. The van der Waals surface area contributed by atoms with Crippen molar-refractivity contribution in [3.05, 3.63) is 24.2 Å². The number of hydrogen-bond acceptors (Lipinski definition) is 3. The van der Waals surface area contributed by atoms with E-state index in [1.54, 1.807) is 0 Å². The Balaban J connectivity index is 2.58. The van der Waals surface area contributed by atoms with E-state index in [9.17, 15) is 0 Å². The van der Waals surface area contributed by atoms with Crippen molar-refractivity contribution in [2.45, 2.75) is 39.0 Å². The Morgan fingerprint density at radius 2 is 2.12 bits per heavy atom. The molecule has 0 aliphatic carbocycles. The van der Waals surface area contributed by atoms with Gasteiger partial charge in [-0.1, -0.05) is 27.2 Å². The maximum absolute atomic E-state index is 5.81. The first-order valence-electron chi connectivity index (χ1n) is 5.65. The van der Waals surface area contributed by atoms with Crippen molar-refractivity contribution >= 4 is 11.3 Å². The van der Waals surface area contributed by atoms with Gasteiger partial charge in [-0.2, -0.15) is 5.10 Å². The molecule has 0 unspecified atom stereocenters. The normalized spacial score (nSPS) is 12.2. The molecular formula is C12H18N4. The van der Waals surface area contributed by atoms with Crippen LogP contribution in [0.5, 0.6) is 0 Å². The van der Waals surface area contributed by atoms with Gasteiger partial charge in [-0.05, 0) is 18.6 Å². The molecule has 4 heteroatoms. The smallest absolute Gasteiger partial charge is 0.151 e. The Bertz CT molecular complexity index is 499. The van der Waals surface area contributed by atoms with Gasteiger partial charge in [0, 0.05) is 11.1 Å². The van der Waals surface area contributed by atoms with Gasteiger partial charge in [0.15, 0.2) is 5.82 Å². The summed E-state index contributed by atoms with van der Waals surface area (Å²) in [5.74, 6) is 0.536. The largest absolute Gasteiger partial charge is 0.382 e. The van der Waals surface area contributed by atoms with E-state index in [4.69, 9.17) is 5.73 Å². The first-order valence-corrected chi connectivity index (χ1v) is 5.65. The van der Waals surface area contributed by atoms with Crippen LogP contribution in [-0.2, 0) is 5.41 Å². The molecule has 16 heavy (non-hydrogen) atoms. The third-order valence-corrected chi connectivity index (χ3v) is 3.05. The third kappa shape index (κ3) is 1.64. The Labute approximate surface area is 95.5 Å². The van der Waals surface area contributed by atoms with Crippen molar-refractivity contribution in [3.63, 3.8) is 0 Å². The van der Waals surface area contributed by atoms with E-state index in [-0.39, 0.29) is 5.41 Å².